The monoisotopic (exact) mass is 538 g/mol. The van der Waals surface area contributed by atoms with Crippen molar-refractivity contribution in [2.75, 3.05) is 0 Å². The van der Waals surface area contributed by atoms with Gasteiger partial charge in [0.1, 0.15) is 19.6 Å². The SMILES string of the molecule is O=S(=O)(O)c1c(S(=O)(=O)OO)c2ccc3cccc4cc(S(=O)(=O)O)c(c1S(=O)(=O)O)c2c34. The van der Waals surface area contributed by atoms with E-state index >= 15 is 0 Å². The lowest BCUT2D eigenvalue weighted by Gasteiger charge is -2.20. The molecule has 4 aromatic carbocycles. The van der Waals surface area contributed by atoms with Crippen LogP contribution in [-0.4, -0.2) is 52.6 Å². The first kappa shape index (κ1) is 23.7. The highest BCUT2D eigenvalue weighted by atomic mass is 32.2. The van der Waals surface area contributed by atoms with Crippen molar-refractivity contribution < 1.29 is 56.9 Å². The molecule has 0 fully saturated rings. The molecule has 0 saturated heterocycles. The molecule has 0 spiro atoms. The maximum absolute atomic E-state index is 12.5. The van der Waals surface area contributed by atoms with Crippen LogP contribution in [0.1, 0.15) is 0 Å². The van der Waals surface area contributed by atoms with Gasteiger partial charge in [-0.05, 0) is 22.2 Å². The van der Waals surface area contributed by atoms with Gasteiger partial charge in [-0.15, -0.1) is 4.33 Å². The van der Waals surface area contributed by atoms with Crippen molar-refractivity contribution in [3.8, 4) is 0 Å². The number of benzene rings is 4. The maximum Gasteiger partial charge on any atom is 0.325 e. The third kappa shape index (κ3) is 3.54. The lowest BCUT2D eigenvalue weighted by atomic mass is 9.94. The first-order chi connectivity index (χ1) is 15.0. The Morgan fingerprint density at radius 2 is 1.18 bits per heavy atom. The summed E-state index contributed by atoms with van der Waals surface area (Å²) < 4.78 is 131. The lowest BCUT2D eigenvalue weighted by Crippen LogP contribution is -2.18. The number of rotatable bonds is 5. The minimum Gasteiger partial charge on any atom is -0.282 e. The van der Waals surface area contributed by atoms with Gasteiger partial charge in [-0.2, -0.15) is 33.7 Å². The van der Waals surface area contributed by atoms with Crippen LogP contribution in [0.5, 0.6) is 0 Å². The predicted octanol–water partition coefficient (Wildman–Crippen LogP) is 1.50. The molecule has 0 aliphatic carbocycles. The van der Waals surface area contributed by atoms with Gasteiger partial charge in [0, 0.05) is 16.2 Å². The third-order valence-corrected chi connectivity index (χ3v) is 8.99. The first-order valence-electron chi connectivity index (χ1n) is 8.28. The highest BCUT2D eigenvalue weighted by molar-refractivity contribution is 7.91. The molecule has 13 nitrogen and oxygen atoms in total. The van der Waals surface area contributed by atoms with Gasteiger partial charge < -0.3 is 0 Å². The Balaban J connectivity index is 2.66. The molecule has 0 bridgehead atoms. The minimum absolute atomic E-state index is 0.0126. The minimum atomic E-state index is -5.88. The summed E-state index contributed by atoms with van der Waals surface area (Å²) in [6, 6.07) is 7.22. The molecule has 4 rings (SSSR count). The van der Waals surface area contributed by atoms with Gasteiger partial charge in [0.25, 0.3) is 30.4 Å². The predicted molar refractivity (Wildman–Crippen MR) is 110 cm³/mol. The van der Waals surface area contributed by atoms with E-state index in [1.807, 2.05) is 0 Å². The van der Waals surface area contributed by atoms with E-state index in [9.17, 15) is 47.3 Å². The van der Waals surface area contributed by atoms with Crippen LogP contribution < -0.4 is 0 Å². The van der Waals surface area contributed by atoms with E-state index in [-0.39, 0.29) is 10.8 Å². The van der Waals surface area contributed by atoms with Gasteiger partial charge in [0.05, 0.1) is 0 Å². The topological polar surface area (TPSA) is 227 Å². The number of hydrogen-bond acceptors (Lipinski definition) is 10. The van der Waals surface area contributed by atoms with Gasteiger partial charge in [0.2, 0.25) is 0 Å². The molecule has 4 N–H and O–H groups in total. The van der Waals surface area contributed by atoms with Gasteiger partial charge in [0.15, 0.2) is 0 Å². The fourth-order valence-corrected chi connectivity index (χ4v) is 8.30. The summed E-state index contributed by atoms with van der Waals surface area (Å²) in [7, 11) is -22.6. The Labute approximate surface area is 185 Å². The van der Waals surface area contributed by atoms with Crippen LogP contribution in [0.2, 0.25) is 0 Å². The van der Waals surface area contributed by atoms with Crippen molar-refractivity contribution in [2.24, 2.45) is 0 Å². The molecular formula is C16H10O13S4. The summed E-state index contributed by atoms with van der Waals surface area (Å²) in [5.74, 6) is 0. The van der Waals surface area contributed by atoms with E-state index in [1.54, 1.807) is 0 Å². The molecule has 17 heteroatoms. The van der Waals surface area contributed by atoms with Gasteiger partial charge in [-0.3, -0.25) is 13.7 Å². The van der Waals surface area contributed by atoms with Crippen LogP contribution in [0.25, 0.3) is 32.3 Å². The molecular weight excluding hydrogens is 528 g/mol. The Morgan fingerprint density at radius 3 is 1.70 bits per heavy atom. The van der Waals surface area contributed by atoms with Crippen molar-refractivity contribution in [1.82, 2.24) is 0 Å². The van der Waals surface area contributed by atoms with E-state index in [2.05, 4.69) is 4.33 Å². The molecule has 176 valence electrons. The molecule has 4 aromatic rings. The smallest absolute Gasteiger partial charge is 0.282 e. The van der Waals surface area contributed by atoms with Crippen LogP contribution in [0.15, 0.2) is 56.0 Å². The Kier molecular flexibility index (Phi) is 5.03. The zero-order chi connectivity index (χ0) is 24.7. The van der Waals surface area contributed by atoms with Crippen LogP contribution >= 0.6 is 0 Å². The average Bonchev–Trinajstić information content (AvgIpc) is 2.68. The van der Waals surface area contributed by atoms with Crippen molar-refractivity contribution >= 4 is 72.8 Å². The second-order valence-electron chi connectivity index (χ2n) is 6.76. The Bertz CT molecular complexity index is 1920. The van der Waals surface area contributed by atoms with Crippen LogP contribution in [0.3, 0.4) is 0 Å². The normalized spacial score (nSPS) is 13.9. The quantitative estimate of drug-likeness (QED) is 0.122. The Hall–Kier alpha value is -2.48. The average molecular weight is 539 g/mol. The summed E-state index contributed by atoms with van der Waals surface area (Å²) in [6.45, 7) is 0. The van der Waals surface area contributed by atoms with E-state index < -0.39 is 76.2 Å². The van der Waals surface area contributed by atoms with Gasteiger partial charge in [-0.25, -0.2) is 5.26 Å². The van der Waals surface area contributed by atoms with Gasteiger partial charge in [-0.1, -0.05) is 30.3 Å². The van der Waals surface area contributed by atoms with E-state index in [0.29, 0.717) is 5.39 Å². The molecule has 0 aliphatic heterocycles. The lowest BCUT2D eigenvalue weighted by molar-refractivity contribution is -0.130. The van der Waals surface area contributed by atoms with Crippen molar-refractivity contribution in [2.45, 2.75) is 19.6 Å². The summed E-state index contributed by atoms with van der Waals surface area (Å²) >= 11 is 0. The fraction of sp³-hybridized carbons (Fsp3) is 0. The molecule has 0 unspecified atom stereocenters. The largest absolute Gasteiger partial charge is 0.325 e. The van der Waals surface area contributed by atoms with E-state index in [1.165, 1.54) is 24.3 Å². The molecule has 0 saturated carbocycles. The molecule has 0 aliphatic rings. The standard InChI is InChI=1S/C16H10O13S4/c17-29-33(27,28)14-9-5-4-7-2-1-3-8-6-10(30(18,19)20)13(12(9)11(7)8)15(31(21,22)23)16(14)32(24,25)26/h1-6,17H,(H,18,19,20)(H,21,22,23)(H,24,25,26). The zero-order valence-corrected chi connectivity index (χ0v) is 18.8. The van der Waals surface area contributed by atoms with Crippen molar-refractivity contribution in [3.63, 3.8) is 0 Å². The highest BCUT2D eigenvalue weighted by Gasteiger charge is 2.40. The fourth-order valence-electron chi connectivity index (χ4n) is 3.85. The van der Waals surface area contributed by atoms with E-state index in [4.69, 9.17) is 5.26 Å². The van der Waals surface area contributed by atoms with Gasteiger partial charge >= 0.3 is 10.1 Å². The van der Waals surface area contributed by atoms with E-state index in [0.717, 1.165) is 12.1 Å². The summed E-state index contributed by atoms with van der Waals surface area (Å²) in [4.78, 5) is -6.65. The first-order valence-corrected chi connectivity index (χ1v) is 14.0. The molecule has 33 heavy (non-hydrogen) atoms. The second kappa shape index (κ2) is 7.01. The second-order valence-corrected chi connectivity index (χ2v) is 12.3. The Morgan fingerprint density at radius 1 is 0.606 bits per heavy atom. The summed E-state index contributed by atoms with van der Waals surface area (Å²) in [5, 5.41) is 6.91. The zero-order valence-electron chi connectivity index (χ0n) is 15.6. The van der Waals surface area contributed by atoms with Crippen LogP contribution in [0.4, 0.5) is 0 Å². The highest BCUT2D eigenvalue weighted by Crippen LogP contribution is 2.47. The van der Waals surface area contributed by atoms with Crippen molar-refractivity contribution in [1.29, 1.82) is 0 Å². The molecule has 0 heterocycles. The molecule has 0 aromatic heterocycles. The van der Waals surface area contributed by atoms with Crippen molar-refractivity contribution in [3.05, 3.63) is 36.4 Å². The third-order valence-electron chi connectivity index (χ3n) is 4.89. The summed E-state index contributed by atoms with van der Waals surface area (Å²) in [5.41, 5.74) is 0. The van der Waals surface area contributed by atoms with Crippen LogP contribution in [0, 0.1) is 0 Å². The van der Waals surface area contributed by atoms with Crippen LogP contribution in [-0.2, 0) is 44.8 Å². The maximum atomic E-state index is 12.5. The molecule has 0 radical (unpaired) electrons. The molecule has 0 amide bonds. The summed E-state index contributed by atoms with van der Waals surface area (Å²) in [6.07, 6.45) is 0. The number of hydrogen-bond donors (Lipinski definition) is 4. The molecule has 0 atom stereocenters.